The molecule has 4 rings (SSSR count). The maximum Gasteiger partial charge on any atom is 0.115 e. The smallest absolute Gasteiger partial charge is 0.115 e. The third kappa shape index (κ3) is 2.21. The summed E-state index contributed by atoms with van der Waals surface area (Å²) in [5.74, 6) is 0. The highest BCUT2D eigenvalue weighted by atomic mass is 35.5. The van der Waals surface area contributed by atoms with E-state index >= 15 is 0 Å². The lowest BCUT2D eigenvalue weighted by Crippen LogP contribution is -1.84. The van der Waals surface area contributed by atoms with E-state index in [2.05, 4.69) is 33.2 Å². The van der Waals surface area contributed by atoms with Gasteiger partial charge in [-0.25, -0.2) is 0 Å². The molecule has 1 aromatic carbocycles. The fraction of sp³-hybridized carbons (Fsp3) is 0.0667. The maximum atomic E-state index is 6.56. The van der Waals surface area contributed by atoms with Gasteiger partial charge in [0.2, 0.25) is 0 Å². The van der Waals surface area contributed by atoms with Gasteiger partial charge in [-0.15, -0.1) is 22.7 Å². The van der Waals surface area contributed by atoms with Crippen LogP contribution in [0.1, 0.15) is 5.56 Å². The van der Waals surface area contributed by atoms with Crippen molar-refractivity contribution in [3.8, 4) is 20.9 Å². The van der Waals surface area contributed by atoms with E-state index in [1.807, 2.05) is 17.5 Å². The summed E-state index contributed by atoms with van der Waals surface area (Å²) in [6.45, 7) is 2.10. The molecule has 0 unspecified atom stereocenters. The number of hydrogen-bond donors (Lipinski definition) is 0. The van der Waals surface area contributed by atoms with Crippen LogP contribution < -0.4 is 0 Å². The molecule has 3 aromatic heterocycles. The predicted octanol–water partition coefficient (Wildman–Crippen LogP) is 6.11. The summed E-state index contributed by atoms with van der Waals surface area (Å²) in [4.78, 5) is 2.32. The van der Waals surface area contributed by atoms with Crippen molar-refractivity contribution in [1.29, 1.82) is 0 Å². The van der Waals surface area contributed by atoms with E-state index in [0.717, 1.165) is 32.1 Å². The zero-order valence-corrected chi connectivity index (χ0v) is 14.2. The molecule has 0 aliphatic heterocycles. The molecule has 0 spiro atoms. The lowest BCUT2D eigenvalue weighted by molar-refractivity contribution is 1.55. The van der Waals surface area contributed by atoms with E-state index in [1.54, 1.807) is 22.7 Å². The molecular formula is C15H9ClN2S3. The number of thiophene rings is 2. The van der Waals surface area contributed by atoms with Crippen molar-refractivity contribution < 1.29 is 0 Å². The number of halogens is 1. The average molecular weight is 349 g/mol. The Kier molecular flexibility index (Phi) is 3.30. The van der Waals surface area contributed by atoms with Crippen molar-refractivity contribution in [3.05, 3.63) is 45.6 Å². The van der Waals surface area contributed by atoms with E-state index in [9.17, 15) is 0 Å². The molecule has 4 aromatic rings. The third-order valence-electron chi connectivity index (χ3n) is 3.25. The van der Waals surface area contributed by atoms with Gasteiger partial charge in [0, 0.05) is 20.9 Å². The summed E-state index contributed by atoms with van der Waals surface area (Å²) >= 11 is 11.2. The van der Waals surface area contributed by atoms with E-state index in [1.165, 1.54) is 22.2 Å². The number of aromatic nitrogens is 2. The molecule has 0 fully saturated rings. The second kappa shape index (κ2) is 5.18. The summed E-state index contributed by atoms with van der Waals surface area (Å²) in [6, 6.07) is 8.28. The monoisotopic (exact) mass is 348 g/mol. The summed E-state index contributed by atoms with van der Waals surface area (Å²) in [5.41, 5.74) is 5.16. The van der Waals surface area contributed by atoms with Crippen LogP contribution in [0.2, 0.25) is 5.02 Å². The standard InChI is InChI=1S/C15H9ClN2S3/c1-8-5-12(20-7-8)9-6-10(16)13(11-3-2-4-19-11)15-14(9)17-21-18-15/h2-7H,1H3. The molecule has 0 atom stereocenters. The van der Waals surface area contributed by atoms with Crippen LogP contribution in [0.5, 0.6) is 0 Å². The van der Waals surface area contributed by atoms with Crippen LogP contribution in [0.15, 0.2) is 35.0 Å². The topological polar surface area (TPSA) is 25.8 Å². The minimum atomic E-state index is 0.735. The van der Waals surface area contributed by atoms with Crippen LogP contribution in [0.3, 0.4) is 0 Å². The lowest BCUT2D eigenvalue weighted by atomic mass is 10.1. The van der Waals surface area contributed by atoms with Crippen LogP contribution in [0.4, 0.5) is 0 Å². The Bertz CT molecular complexity index is 922. The van der Waals surface area contributed by atoms with Crippen molar-refractivity contribution in [1.82, 2.24) is 8.75 Å². The van der Waals surface area contributed by atoms with Crippen molar-refractivity contribution in [2.75, 3.05) is 0 Å². The van der Waals surface area contributed by atoms with Crippen molar-refractivity contribution >= 4 is 57.0 Å². The van der Waals surface area contributed by atoms with Crippen molar-refractivity contribution in [2.45, 2.75) is 6.92 Å². The van der Waals surface area contributed by atoms with E-state index in [-0.39, 0.29) is 0 Å². The number of rotatable bonds is 2. The predicted molar refractivity (Wildman–Crippen MR) is 93.8 cm³/mol. The Morgan fingerprint density at radius 2 is 1.90 bits per heavy atom. The lowest BCUT2D eigenvalue weighted by Gasteiger charge is -2.06. The van der Waals surface area contributed by atoms with Gasteiger partial charge in [0.1, 0.15) is 11.0 Å². The fourth-order valence-electron chi connectivity index (χ4n) is 2.33. The highest BCUT2D eigenvalue weighted by Crippen LogP contribution is 2.42. The summed E-state index contributed by atoms with van der Waals surface area (Å²) in [5, 5.41) is 4.93. The molecular weight excluding hydrogens is 340 g/mol. The number of hydrogen-bond acceptors (Lipinski definition) is 5. The normalized spacial score (nSPS) is 11.3. The van der Waals surface area contributed by atoms with E-state index < -0.39 is 0 Å². The van der Waals surface area contributed by atoms with Crippen LogP contribution in [0.25, 0.3) is 31.9 Å². The largest absolute Gasteiger partial charge is 0.172 e. The van der Waals surface area contributed by atoms with Crippen LogP contribution in [-0.4, -0.2) is 8.75 Å². The van der Waals surface area contributed by atoms with Crippen molar-refractivity contribution in [3.63, 3.8) is 0 Å². The average Bonchev–Trinajstić information content (AvgIpc) is 3.17. The molecule has 0 amide bonds. The molecule has 21 heavy (non-hydrogen) atoms. The van der Waals surface area contributed by atoms with Gasteiger partial charge in [-0.1, -0.05) is 17.7 Å². The first-order valence-electron chi connectivity index (χ1n) is 6.28. The first-order valence-corrected chi connectivity index (χ1v) is 9.15. The molecule has 0 saturated carbocycles. The third-order valence-corrected chi connectivity index (χ3v) is 6.05. The Labute approximate surface area is 139 Å². The van der Waals surface area contributed by atoms with Gasteiger partial charge in [-0.2, -0.15) is 8.75 Å². The number of fused-ring (bicyclic) bond motifs is 1. The molecule has 0 saturated heterocycles. The van der Waals surface area contributed by atoms with Crippen molar-refractivity contribution in [2.24, 2.45) is 0 Å². The second-order valence-corrected chi connectivity index (χ2v) is 7.50. The SMILES string of the molecule is Cc1csc(-c2cc(Cl)c(-c3cccs3)c3nsnc23)c1. The van der Waals surface area contributed by atoms with E-state index in [4.69, 9.17) is 11.6 Å². The molecule has 2 nitrogen and oxygen atoms in total. The number of aryl methyl sites for hydroxylation is 1. The van der Waals surface area contributed by atoms with Crippen LogP contribution in [-0.2, 0) is 0 Å². The molecule has 3 heterocycles. The molecule has 104 valence electrons. The first-order chi connectivity index (χ1) is 10.2. The van der Waals surface area contributed by atoms with Gasteiger partial charge in [-0.3, -0.25) is 0 Å². The summed E-state index contributed by atoms with van der Waals surface area (Å²) in [6.07, 6.45) is 0. The number of nitrogens with zero attached hydrogens (tertiary/aromatic N) is 2. The Balaban J connectivity index is 2.04. The van der Waals surface area contributed by atoms with Gasteiger partial charge in [0.05, 0.1) is 16.8 Å². The Morgan fingerprint density at radius 1 is 1.05 bits per heavy atom. The van der Waals surface area contributed by atoms with Gasteiger partial charge < -0.3 is 0 Å². The summed E-state index contributed by atoms with van der Waals surface area (Å²) < 4.78 is 8.98. The first kappa shape index (κ1) is 13.4. The van der Waals surface area contributed by atoms with Crippen LogP contribution >= 0.6 is 46.0 Å². The van der Waals surface area contributed by atoms with Gasteiger partial charge >= 0.3 is 0 Å². The van der Waals surface area contributed by atoms with Crippen LogP contribution in [0, 0.1) is 6.92 Å². The Hall–Kier alpha value is -1.27. The van der Waals surface area contributed by atoms with E-state index in [0.29, 0.717) is 0 Å². The fourth-order valence-corrected chi connectivity index (χ4v) is 4.95. The molecule has 0 radical (unpaired) electrons. The molecule has 6 heteroatoms. The minimum Gasteiger partial charge on any atom is -0.172 e. The molecule has 0 aliphatic rings. The second-order valence-electron chi connectivity index (χ2n) is 4.71. The van der Waals surface area contributed by atoms with Gasteiger partial charge in [0.15, 0.2) is 0 Å². The maximum absolute atomic E-state index is 6.56. The highest BCUT2D eigenvalue weighted by molar-refractivity contribution is 7.14. The van der Waals surface area contributed by atoms with Gasteiger partial charge in [-0.05, 0) is 41.4 Å². The zero-order valence-electron chi connectivity index (χ0n) is 11.0. The molecule has 0 aliphatic carbocycles. The number of benzene rings is 1. The summed E-state index contributed by atoms with van der Waals surface area (Å²) in [7, 11) is 0. The molecule has 0 bridgehead atoms. The molecule has 0 N–H and O–H groups in total. The Morgan fingerprint density at radius 3 is 2.62 bits per heavy atom. The zero-order chi connectivity index (χ0) is 14.4. The minimum absolute atomic E-state index is 0.735. The highest BCUT2D eigenvalue weighted by Gasteiger charge is 2.18. The quantitative estimate of drug-likeness (QED) is 0.436. The van der Waals surface area contributed by atoms with Gasteiger partial charge in [0.25, 0.3) is 0 Å².